The van der Waals surface area contributed by atoms with Gasteiger partial charge in [-0.05, 0) is 12.1 Å². The third-order valence-corrected chi connectivity index (χ3v) is 2.51. The van der Waals surface area contributed by atoms with E-state index in [9.17, 15) is 4.79 Å². The average molecular weight is 284 g/mol. The molecule has 0 aliphatic rings. The topological polar surface area (TPSA) is 78.1 Å². The zero-order valence-electron chi connectivity index (χ0n) is 8.93. The van der Waals surface area contributed by atoms with Crippen LogP contribution in [0, 0.1) is 0 Å². The lowest BCUT2D eigenvalue weighted by Gasteiger charge is -2.09. The Bertz CT molecular complexity index is 605. The molecule has 0 radical (unpaired) electrons. The van der Waals surface area contributed by atoms with E-state index in [4.69, 9.17) is 33.7 Å². The molecule has 0 unspecified atom stereocenters. The van der Waals surface area contributed by atoms with E-state index in [1.807, 2.05) is 0 Å². The Hall–Kier alpha value is -1.85. The third kappa shape index (κ3) is 2.69. The van der Waals surface area contributed by atoms with E-state index in [0.29, 0.717) is 0 Å². The maximum Gasteiger partial charge on any atom is 0.252 e. The monoisotopic (exact) mass is 283 g/mol. The quantitative estimate of drug-likeness (QED) is 0.939. The van der Waals surface area contributed by atoms with Crippen LogP contribution in [0.4, 0.5) is 0 Å². The van der Waals surface area contributed by atoms with Gasteiger partial charge in [-0.3, -0.25) is 4.79 Å². The Kier molecular flexibility index (Phi) is 3.64. The molecule has 7 heteroatoms. The second kappa shape index (κ2) is 5.20. The SMILES string of the molecule is NC(=O)c1ccccc1Oc1cc(Cl)nnc1Cl. The number of hydrogen-bond acceptors (Lipinski definition) is 4. The van der Waals surface area contributed by atoms with Crippen LogP contribution in [-0.2, 0) is 0 Å². The number of hydrogen-bond donors (Lipinski definition) is 1. The molecular weight excluding hydrogens is 277 g/mol. The zero-order valence-corrected chi connectivity index (χ0v) is 10.4. The standard InChI is InChI=1S/C11H7Cl2N3O2/c12-9-5-8(10(13)16-15-9)18-7-4-2-1-3-6(7)11(14)17/h1-5H,(H2,14,17). The summed E-state index contributed by atoms with van der Waals surface area (Å²) >= 11 is 11.5. The molecule has 0 spiro atoms. The van der Waals surface area contributed by atoms with Crippen molar-refractivity contribution in [2.45, 2.75) is 0 Å². The predicted molar refractivity (Wildman–Crippen MR) is 67.1 cm³/mol. The van der Waals surface area contributed by atoms with Crippen molar-refractivity contribution in [3.63, 3.8) is 0 Å². The molecule has 1 aromatic carbocycles. The van der Waals surface area contributed by atoms with Gasteiger partial charge >= 0.3 is 0 Å². The first-order valence-electron chi connectivity index (χ1n) is 4.83. The number of nitrogens with two attached hydrogens (primary N) is 1. The van der Waals surface area contributed by atoms with Crippen LogP contribution in [0.25, 0.3) is 0 Å². The molecule has 2 N–H and O–H groups in total. The van der Waals surface area contributed by atoms with E-state index in [1.54, 1.807) is 24.3 Å². The van der Waals surface area contributed by atoms with Gasteiger partial charge in [-0.15, -0.1) is 10.2 Å². The van der Waals surface area contributed by atoms with Crippen LogP contribution in [-0.4, -0.2) is 16.1 Å². The highest BCUT2D eigenvalue weighted by atomic mass is 35.5. The lowest BCUT2D eigenvalue weighted by atomic mass is 10.2. The minimum absolute atomic E-state index is 0.0404. The molecule has 0 aliphatic heterocycles. The maximum absolute atomic E-state index is 11.2. The van der Waals surface area contributed by atoms with Gasteiger partial charge in [0.05, 0.1) is 5.56 Å². The van der Waals surface area contributed by atoms with E-state index < -0.39 is 5.91 Å². The number of carbonyl (C=O) groups excluding carboxylic acids is 1. The van der Waals surface area contributed by atoms with E-state index in [0.717, 1.165) is 0 Å². The summed E-state index contributed by atoms with van der Waals surface area (Å²) in [6.45, 7) is 0. The second-order valence-electron chi connectivity index (χ2n) is 3.28. The number of benzene rings is 1. The normalized spacial score (nSPS) is 10.1. The summed E-state index contributed by atoms with van der Waals surface area (Å²) in [7, 11) is 0. The van der Waals surface area contributed by atoms with Gasteiger partial charge in [-0.1, -0.05) is 35.3 Å². The summed E-state index contributed by atoms with van der Waals surface area (Å²) in [4.78, 5) is 11.2. The van der Waals surface area contributed by atoms with Crippen molar-refractivity contribution in [2.24, 2.45) is 5.73 Å². The molecule has 0 saturated carbocycles. The van der Waals surface area contributed by atoms with Gasteiger partial charge in [-0.25, -0.2) is 0 Å². The van der Waals surface area contributed by atoms with E-state index in [-0.39, 0.29) is 27.4 Å². The molecule has 0 atom stereocenters. The average Bonchev–Trinajstić information content (AvgIpc) is 2.34. The number of aromatic nitrogens is 2. The van der Waals surface area contributed by atoms with Gasteiger partial charge in [0.2, 0.25) is 0 Å². The predicted octanol–water partition coefficient (Wildman–Crippen LogP) is 2.67. The van der Waals surface area contributed by atoms with Crippen molar-refractivity contribution in [3.05, 3.63) is 46.2 Å². The number of primary amides is 1. The number of carbonyl (C=O) groups is 1. The van der Waals surface area contributed by atoms with E-state index >= 15 is 0 Å². The van der Waals surface area contributed by atoms with Crippen LogP contribution in [0.1, 0.15) is 10.4 Å². The van der Waals surface area contributed by atoms with E-state index in [2.05, 4.69) is 10.2 Å². The largest absolute Gasteiger partial charge is 0.453 e. The molecule has 1 aromatic heterocycles. The van der Waals surface area contributed by atoms with Gasteiger partial charge in [-0.2, -0.15) is 0 Å². The van der Waals surface area contributed by atoms with E-state index in [1.165, 1.54) is 6.07 Å². The number of nitrogens with zero attached hydrogens (tertiary/aromatic N) is 2. The van der Waals surface area contributed by atoms with Crippen molar-refractivity contribution in [3.8, 4) is 11.5 Å². The first-order valence-corrected chi connectivity index (χ1v) is 5.59. The Labute approximate surface area is 112 Å². The smallest absolute Gasteiger partial charge is 0.252 e. The van der Waals surface area contributed by atoms with Gasteiger partial charge in [0, 0.05) is 6.07 Å². The Morgan fingerprint density at radius 2 is 1.89 bits per heavy atom. The summed E-state index contributed by atoms with van der Waals surface area (Å²) in [5, 5.41) is 7.31. The Morgan fingerprint density at radius 1 is 1.17 bits per heavy atom. The van der Waals surface area contributed by atoms with Crippen LogP contribution in [0.3, 0.4) is 0 Å². The van der Waals surface area contributed by atoms with Crippen molar-refractivity contribution in [2.75, 3.05) is 0 Å². The molecule has 2 aromatic rings. The molecule has 0 fully saturated rings. The summed E-state index contributed by atoms with van der Waals surface area (Å²) in [6.07, 6.45) is 0. The van der Waals surface area contributed by atoms with Crippen LogP contribution in [0.2, 0.25) is 10.3 Å². The molecule has 18 heavy (non-hydrogen) atoms. The fourth-order valence-corrected chi connectivity index (χ4v) is 1.55. The van der Waals surface area contributed by atoms with Crippen LogP contribution in [0.15, 0.2) is 30.3 Å². The molecule has 92 valence electrons. The molecule has 1 heterocycles. The lowest BCUT2D eigenvalue weighted by molar-refractivity contribution is 0.0998. The van der Waals surface area contributed by atoms with Crippen molar-refractivity contribution in [1.82, 2.24) is 10.2 Å². The fraction of sp³-hybridized carbons (Fsp3) is 0. The molecule has 0 bridgehead atoms. The number of para-hydroxylation sites is 1. The minimum Gasteiger partial charge on any atom is -0.453 e. The molecule has 2 rings (SSSR count). The third-order valence-electron chi connectivity index (χ3n) is 2.06. The first kappa shape index (κ1) is 12.6. The summed E-state index contributed by atoms with van der Waals surface area (Å²) in [6, 6.07) is 7.90. The van der Waals surface area contributed by atoms with Gasteiger partial charge in [0.25, 0.3) is 5.91 Å². The first-order chi connectivity index (χ1) is 8.58. The van der Waals surface area contributed by atoms with Gasteiger partial charge < -0.3 is 10.5 Å². The molecule has 1 amide bonds. The Morgan fingerprint density at radius 3 is 2.61 bits per heavy atom. The fourth-order valence-electron chi connectivity index (χ4n) is 1.29. The molecule has 0 saturated heterocycles. The van der Waals surface area contributed by atoms with Crippen LogP contribution in [0.5, 0.6) is 11.5 Å². The second-order valence-corrected chi connectivity index (χ2v) is 4.03. The summed E-state index contributed by atoms with van der Waals surface area (Å²) in [5.74, 6) is -0.129. The summed E-state index contributed by atoms with van der Waals surface area (Å²) < 4.78 is 5.46. The zero-order chi connectivity index (χ0) is 13.1. The minimum atomic E-state index is -0.602. The highest BCUT2D eigenvalue weighted by molar-refractivity contribution is 6.32. The molecule has 5 nitrogen and oxygen atoms in total. The number of halogens is 2. The number of ether oxygens (including phenoxy) is 1. The lowest BCUT2D eigenvalue weighted by Crippen LogP contribution is -2.12. The van der Waals surface area contributed by atoms with Crippen molar-refractivity contribution >= 4 is 29.1 Å². The number of amides is 1. The Balaban J connectivity index is 2.40. The van der Waals surface area contributed by atoms with Gasteiger partial charge in [0.15, 0.2) is 16.1 Å². The van der Waals surface area contributed by atoms with Crippen LogP contribution < -0.4 is 10.5 Å². The highest BCUT2D eigenvalue weighted by Gasteiger charge is 2.12. The highest BCUT2D eigenvalue weighted by Crippen LogP contribution is 2.30. The number of rotatable bonds is 3. The van der Waals surface area contributed by atoms with Crippen LogP contribution >= 0.6 is 23.2 Å². The van der Waals surface area contributed by atoms with Gasteiger partial charge in [0.1, 0.15) is 5.75 Å². The maximum atomic E-state index is 11.2. The van der Waals surface area contributed by atoms with Crippen molar-refractivity contribution < 1.29 is 9.53 Å². The summed E-state index contributed by atoms with van der Waals surface area (Å²) in [5.41, 5.74) is 5.47. The molecule has 0 aliphatic carbocycles. The van der Waals surface area contributed by atoms with Crippen molar-refractivity contribution in [1.29, 1.82) is 0 Å². The molecular formula is C11H7Cl2N3O2.